The Kier molecular flexibility index (Phi) is 4.48. The van der Waals surface area contributed by atoms with Gasteiger partial charge in [0.2, 0.25) is 10.0 Å². The summed E-state index contributed by atoms with van der Waals surface area (Å²) in [6.07, 6.45) is 2.95. The van der Waals surface area contributed by atoms with E-state index in [1.165, 1.54) is 4.31 Å². The third-order valence-corrected chi connectivity index (χ3v) is 4.85. The van der Waals surface area contributed by atoms with Gasteiger partial charge in [0.15, 0.2) is 0 Å². The van der Waals surface area contributed by atoms with Crippen molar-refractivity contribution in [3.63, 3.8) is 0 Å². The molecule has 0 radical (unpaired) electrons. The van der Waals surface area contributed by atoms with Gasteiger partial charge in [-0.2, -0.15) is 0 Å². The molecular formula is C9H18N2O2S2. The summed E-state index contributed by atoms with van der Waals surface area (Å²) >= 11 is 4.64. The van der Waals surface area contributed by atoms with E-state index in [1.54, 1.807) is 0 Å². The normalized spacial score (nSPS) is 24.7. The van der Waals surface area contributed by atoms with E-state index in [-0.39, 0.29) is 10.7 Å². The predicted molar refractivity (Wildman–Crippen MR) is 65.2 cm³/mol. The molecule has 88 valence electrons. The van der Waals surface area contributed by atoms with Gasteiger partial charge in [-0.25, -0.2) is 12.7 Å². The molecule has 0 aromatic heterocycles. The van der Waals surface area contributed by atoms with Crippen LogP contribution < -0.4 is 5.73 Å². The lowest BCUT2D eigenvalue weighted by Crippen LogP contribution is -2.37. The molecule has 6 heteroatoms. The van der Waals surface area contributed by atoms with Crippen molar-refractivity contribution in [1.82, 2.24) is 4.31 Å². The molecule has 15 heavy (non-hydrogen) atoms. The van der Waals surface area contributed by atoms with E-state index < -0.39 is 10.0 Å². The van der Waals surface area contributed by atoms with E-state index in [2.05, 4.69) is 19.1 Å². The molecule has 1 heterocycles. The molecule has 0 aromatic rings. The fraction of sp³-hybridized carbons (Fsp3) is 0.889. The monoisotopic (exact) mass is 250 g/mol. The molecule has 1 atom stereocenters. The largest absolute Gasteiger partial charge is 0.392 e. The first-order chi connectivity index (χ1) is 6.92. The van der Waals surface area contributed by atoms with Gasteiger partial charge < -0.3 is 5.73 Å². The van der Waals surface area contributed by atoms with Gasteiger partial charge in [-0.05, 0) is 25.2 Å². The highest BCUT2D eigenvalue weighted by molar-refractivity contribution is 7.92. The second-order valence-corrected chi connectivity index (χ2v) is 6.65. The van der Waals surface area contributed by atoms with Gasteiger partial charge in [-0.1, -0.05) is 19.1 Å². The first-order valence-electron chi connectivity index (χ1n) is 5.18. The van der Waals surface area contributed by atoms with Crippen molar-refractivity contribution >= 4 is 27.2 Å². The molecule has 1 rings (SSSR count). The first kappa shape index (κ1) is 12.9. The fourth-order valence-electron chi connectivity index (χ4n) is 1.79. The van der Waals surface area contributed by atoms with Crippen LogP contribution in [0.1, 0.15) is 26.2 Å². The minimum atomic E-state index is -3.26. The zero-order valence-electron chi connectivity index (χ0n) is 8.98. The number of sulfonamides is 1. The highest BCUT2D eigenvalue weighted by atomic mass is 32.2. The first-order valence-corrected chi connectivity index (χ1v) is 7.19. The van der Waals surface area contributed by atoms with Crippen LogP contribution in [-0.2, 0) is 10.0 Å². The van der Waals surface area contributed by atoms with Crippen molar-refractivity contribution in [2.75, 3.05) is 18.8 Å². The Morgan fingerprint density at radius 3 is 2.73 bits per heavy atom. The van der Waals surface area contributed by atoms with Crippen LogP contribution in [0.25, 0.3) is 0 Å². The minimum Gasteiger partial charge on any atom is -0.392 e. The molecule has 1 saturated heterocycles. The zero-order chi connectivity index (χ0) is 11.5. The lowest BCUT2D eigenvalue weighted by atomic mass is 10.0. The minimum absolute atomic E-state index is 0.0484. The molecule has 4 nitrogen and oxygen atoms in total. The lowest BCUT2D eigenvalue weighted by Gasteiger charge is -2.19. The second-order valence-electron chi connectivity index (χ2n) is 4.16. The highest BCUT2D eigenvalue weighted by Gasteiger charge is 2.25. The van der Waals surface area contributed by atoms with Crippen LogP contribution in [0, 0.1) is 5.92 Å². The van der Waals surface area contributed by atoms with E-state index in [4.69, 9.17) is 5.73 Å². The van der Waals surface area contributed by atoms with E-state index in [0.29, 0.717) is 19.0 Å². The van der Waals surface area contributed by atoms with Crippen molar-refractivity contribution in [3.05, 3.63) is 0 Å². The number of rotatable bonds is 3. The maximum Gasteiger partial charge on any atom is 0.220 e. The molecule has 0 aromatic carbocycles. The van der Waals surface area contributed by atoms with Crippen molar-refractivity contribution in [2.24, 2.45) is 11.7 Å². The van der Waals surface area contributed by atoms with Crippen LogP contribution >= 0.6 is 12.2 Å². The summed E-state index contributed by atoms with van der Waals surface area (Å²) in [4.78, 5) is 0.0484. The number of hydrogen-bond acceptors (Lipinski definition) is 3. The Hall–Kier alpha value is -0.200. The Balaban J connectivity index is 2.66. The third kappa shape index (κ3) is 4.04. The van der Waals surface area contributed by atoms with Gasteiger partial charge in [0.25, 0.3) is 0 Å². The van der Waals surface area contributed by atoms with Crippen LogP contribution in [0.4, 0.5) is 0 Å². The van der Waals surface area contributed by atoms with Gasteiger partial charge in [-0.15, -0.1) is 0 Å². The number of thiocarbonyl (C=S) groups is 1. The maximum atomic E-state index is 11.8. The molecule has 0 aliphatic carbocycles. The summed E-state index contributed by atoms with van der Waals surface area (Å²) in [7, 11) is -3.26. The van der Waals surface area contributed by atoms with Crippen LogP contribution in [0.3, 0.4) is 0 Å². The third-order valence-electron chi connectivity index (χ3n) is 2.69. The Bertz CT molecular complexity index is 327. The highest BCUT2D eigenvalue weighted by Crippen LogP contribution is 2.18. The lowest BCUT2D eigenvalue weighted by molar-refractivity contribution is 0.419. The van der Waals surface area contributed by atoms with E-state index in [9.17, 15) is 8.42 Å². The van der Waals surface area contributed by atoms with E-state index >= 15 is 0 Å². The average molecular weight is 250 g/mol. The predicted octanol–water partition coefficient (Wildman–Crippen LogP) is 0.724. The molecular weight excluding hydrogens is 232 g/mol. The van der Waals surface area contributed by atoms with Gasteiger partial charge in [0, 0.05) is 13.1 Å². The molecule has 1 fully saturated rings. The van der Waals surface area contributed by atoms with Gasteiger partial charge in [-0.3, -0.25) is 0 Å². The Morgan fingerprint density at radius 2 is 2.13 bits per heavy atom. The van der Waals surface area contributed by atoms with E-state index in [1.807, 2.05) is 0 Å². The molecule has 0 amide bonds. The topological polar surface area (TPSA) is 63.4 Å². The quantitative estimate of drug-likeness (QED) is 0.750. The summed E-state index contributed by atoms with van der Waals surface area (Å²) in [6, 6.07) is 0. The molecule has 2 N–H and O–H groups in total. The van der Waals surface area contributed by atoms with Crippen molar-refractivity contribution in [3.8, 4) is 0 Å². The summed E-state index contributed by atoms with van der Waals surface area (Å²) in [5.74, 6) is 0.409. The number of nitrogens with two attached hydrogens (primary N) is 1. The van der Waals surface area contributed by atoms with Crippen molar-refractivity contribution < 1.29 is 8.42 Å². The van der Waals surface area contributed by atoms with Crippen LogP contribution in [0.2, 0.25) is 0 Å². The molecule has 0 saturated carbocycles. The molecule has 1 aliphatic heterocycles. The van der Waals surface area contributed by atoms with Crippen LogP contribution in [0.5, 0.6) is 0 Å². The molecule has 0 spiro atoms. The SMILES string of the molecule is CC1CCCN(S(=O)(=O)CC(N)=S)CC1. The smallest absolute Gasteiger partial charge is 0.220 e. The standard InChI is InChI=1S/C9H18N2O2S2/c1-8-3-2-5-11(6-4-8)15(12,13)7-9(10)14/h8H,2-7H2,1H3,(H2,10,14). The van der Waals surface area contributed by atoms with Gasteiger partial charge in [0.1, 0.15) is 5.75 Å². The van der Waals surface area contributed by atoms with Crippen LogP contribution in [0.15, 0.2) is 0 Å². The number of hydrogen-bond donors (Lipinski definition) is 1. The fourth-order valence-corrected chi connectivity index (χ4v) is 3.57. The Morgan fingerprint density at radius 1 is 1.47 bits per heavy atom. The summed E-state index contributed by atoms with van der Waals surface area (Å²) in [5.41, 5.74) is 5.28. The molecule has 1 unspecified atom stereocenters. The number of nitrogens with zero attached hydrogens (tertiary/aromatic N) is 1. The Labute approximate surface area is 96.9 Å². The van der Waals surface area contributed by atoms with Gasteiger partial charge >= 0.3 is 0 Å². The van der Waals surface area contributed by atoms with Gasteiger partial charge in [0.05, 0.1) is 4.99 Å². The molecule has 0 bridgehead atoms. The summed E-state index contributed by atoms with van der Waals surface area (Å²) in [6.45, 7) is 3.37. The molecule has 1 aliphatic rings. The summed E-state index contributed by atoms with van der Waals surface area (Å²) in [5, 5.41) is 0. The summed E-state index contributed by atoms with van der Waals surface area (Å²) < 4.78 is 25.2. The zero-order valence-corrected chi connectivity index (χ0v) is 10.6. The maximum absolute atomic E-state index is 11.8. The van der Waals surface area contributed by atoms with E-state index in [0.717, 1.165) is 19.3 Å². The van der Waals surface area contributed by atoms with Crippen molar-refractivity contribution in [1.29, 1.82) is 0 Å². The second kappa shape index (κ2) is 5.23. The average Bonchev–Trinajstić information content (AvgIpc) is 2.27. The van der Waals surface area contributed by atoms with Crippen LogP contribution in [-0.4, -0.2) is 36.6 Å². The van der Waals surface area contributed by atoms with Crippen molar-refractivity contribution in [2.45, 2.75) is 26.2 Å².